The highest BCUT2D eigenvalue weighted by Gasteiger charge is 2.20. The van der Waals surface area contributed by atoms with Crippen molar-refractivity contribution in [3.63, 3.8) is 0 Å². The molecule has 0 aliphatic carbocycles. The minimum atomic E-state index is -4.03. The number of carbonyl (C=O) groups excluding carboxylic acids is 1. The van der Waals surface area contributed by atoms with E-state index in [4.69, 9.17) is 21.1 Å². The summed E-state index contributed by atoms with van der Waals surface area (Å²) in [6, 6.07) is 17.8. The molecule has 0 heterocycles. The molecule has 0 radical (unpaired) electrons. The van der Waals surface area contributed by atoms with E-state index < -0.39 is 10.0 Å². The maximum atomic E-state index is 13.1. The van der Waals surface area contributed by atoms with E-state index in [1.165, 1.54) is 31.2 Å². The van der Waals surface area contributed by atoms with Gasteiger partial charge in [0.1, 0.15) is 11.5 Å². The van der Waals surface area contributed by atoms with Crippen LogP contribution < -0.4 is 19.5 Å². The van der Waals surface area contributed by atoms with Crippen molar-refractivity contribution >= 4 is 38.9 Å². The van der Waals surface area contributed by atoms with Crippen LogP contribution in [-0.2, 0) is 14.8 Å². The van der Waals surface area contributed by atoms with Crippen LogP contribution in [0, 0.1) is 0 Å². The largest absolute Gasteiger partial charge is 0.492 e. The number of para-hydroxylation sites is 1. The van der Waals surface area contributed by atoms with E-state index in [-0.39, 0.29) is 27.9 Å². The number of ether oxygens (including phenoxy) is 2. The van der Waals surface area contributed by atoms with Gasteiger partial charge < -0.3 is 14.8 Å². The Bertz CT molecular complexity index is 1180. The van der Waals surface area contributed by atoms with Crippen LogP contribution in [0.25, 0.3) is 0 Å². The van der Waals surface area contributed by atoms with Crippen LogP contribution in [0.3, 0.4) is 0 Å². The Kier molecular flexibility index (Phi) is 7.04. The van der Waals surface area contributed by atoms with Gasteiger partial charge in [0, 0.05) is 11.9 Å². The van der Waals surface area contributed by atoms with Crippen molar-refractivity contribution < 1.29 is 22.7 Å². The minimum Gasteiger partial charge on any atom is -0.492 e. The summed E-state index contributed by atoms with van der Waals surface area (Å²) < 4.78 is 39.9. The van der Waals surface area contributed by atoms with Crippen LogP contribution in [-0.4, -0.2) is 20.9 Å². The molecule has 0 bridgehead atoms. The number of amides is 1. The molecule has 3 rings (SSSR count). The smallest absolute Gasteiger partial charge is 0.262 e. The lowest BCUT2D eigenvalue weighted by molar-refractivity contribution is -0.114. The number of anilines is 2. The number of hydrogen-bond donors (Lipinski definition) is 2. The molecule has 0 unspecified atom stereocenters. The lowest BCUT2D eigenvalue weighted by Crippen LogP contribution is -2.15. The Balaban J connectivity index is 1.95. The van der Waals surface area contributed by atoms with E-state index in [0.717, 1.165) is 0 Å². The maximum absolute atomic E-state index is 13.1. The third-order valence-corrected chi connectivity index (χ3v) is 5.63. The number of carbonyl (C=O) groups is 1. The van der Waals surface area contributed by atoms with E-state index in [1.54, 1.807) is 43.3 Å². The summed E-state index contributed by atoms with van der Waals surface area (Å²) in [6.45, 7) is 3.48. The van der Waals surface area contributed by atoms with Crippen LogP contribution in [0.1, 0.15) is 13.8 Å². The normalized spacial score (nSPS) is 10.9. The number of halogens is 1. The van der Waals surface area contributed by atoms with Gasteiger partial charge in [-0.1, -0.05) is 29.8 Å². The van der Waals surface area contributed by atoms with Gasteiger partial charge in [-0.15, -0.1) is 0 Å². The fourth-order valence-electron chi connectivity index (χ4n) is 2.74. The third-order valence-electron chi connectivity index (χ3n) is 4.03. The summed E-state index contributed by atoms with van der Waals surface area (Å²) in [5.74, 6) is 0.843. The van der Waals surface area contributed by atoms with Crippen molar-refractivity contribution in [3.05, 3.63) is 71.8 Å². The predicted octanol–water partition coefficient (Wildman–Crippen LogP) is 5.29. The molecule has 0 spiro atoms. The van der Waals surface area contributed by atoms with E-state index in [1.807, 2.05) is 6.07 Å². The molecule has 0 saturated carbocycles. The molecule has 0 saturated heterocycles. The molecule has 3 aromatic carbocycles. The number of benzene rings is 3. The van der Waals surface area contributed by atoms with E-state index in [0.29, 0.717) is 23.1 Å². The summed E-state index contributed by atoms with van der Waals surface area (Å²) >= 11 is 6.08. The number of rotatable bonds is 8. The van der Waals surface area contributed by atoms with Gasteiger partial charge >= 0.3 is 0 Å². The molecular weight excluding hydrogens is 440 g/mol. The first kappa shape index (κ1) is 22.5. The number of nitrogens with one attached hydrogen (secondary N) is 2. The van der Waals surface area contributed by atoms with Crippen molar-refractivity contribution in [2.75, 3.05) is 16.6 Å². The first-order valence-electron chi connectivity index (χ1n) is 9.38. The number of sulfonamides is 1. The highest BCUT2D eigenvalue weighted by atomic mass is 35.5. The predicted molar refractivity (Wildman–Crippen MR) is 121 cm³/mol. The third kappa shape index (κ3) is 5.90. The second-order valence-electron chi connectivity index (χ2n) is 6.43. The fraction of sp³-hybridized carbons (Fsp3) is 0.136. The van der Waals surface area contributed by atoms with Gasteiger partial charge in [-0.3, -0.25) is 9.52 Å². The van der Waals surface area contributed by atoms with Crippen LogP contribution in [0.4, 0.5) is 11.4 Å². The van der Waals surface area contributed by atoms with Gasteiger partial charge in [-0.2, -0.15) is 0 Å². The zero-order valence-corrected chi connectivity index (χ0v) is 18.5. The molecule has 1 amide bonds. The van der Waals surface area contributed by atoms with Crippen LogP contribution in [0.2, 0.25) is 5.02 Å². The van der Waals surface area contributed by atoms with E-state index >= 15 is 0 Å². The Hall–Kier alpha value is -3.23. The molecular formula is C22H21ClN2O5S. The van der Waals surface area contributed by atoms with Gasteiger partial charge in [0.05, 0.1) is 22.9 Å². The monoisotopic (exact) mass is 460 g/mol. The summed E-state index contributed by atoms with van der Waals surface area (Å²) in [5, 5.41) is 2.92. The van der Waals surface area contributed by atoms with Crippen molar-refractivity contribution in [1.29, 1.82) is 0 Å². The Morgan fingerprint density at radius 2 is 1.68 bits per heavy atom. The molecule has 0 aliphatic heterocycles. The molecule has 31 heavy (non-hydrogen) atoms. The molecule has 0 fully saturated rings. The second-order valence-corrected chi connectivity index (χ2v) is 8.55. The summed E-state index contributed by atoms with van der Waals surface area (Å²) in [4.78, 5) is 11.4. The highest BCUT2D eigenvalue weighted by molar-refractivity contribution is 7.92. The zero-order valence-electron chi connectivity index (χ0n) is 16.9. The second kappa shape index (κ2) is 9.72. The maximum Gasteiger partial charge on any atom is 0.262 e. The van der Waals surface area contributed by atoms with Gasteiger partial charge in [0.2, 0.25) is 5.91 Å². The Morgan fingerprint density at radius 3 is 2.35 bits per heavy atom. The highest BCUT2D eigenvalue weighted by Crippen LogP contribution is 2.34. The van der Waals surface area contributed by atoms with Crippen molar-refractivity contribution in [2.24, 2.45) is 0 Å². The van der Waals surface area contributed by atoms with Crippen molar-refractivity contribution in [3.8, 4) is 17.2 Å². The standard InChI is InChI=1S/C22H21ClN2O5S/c1-3-29-21-12-10-18(14-19(21)24-15(2)26)31(27,28)25-20-13-16(23)9-11-22(20)30-17-7-5-4-6-8-17/h4-14,25H,3H2,1-2H3,(H,24,26). The Morgan fingerprint density at radius 1 is 0.968 bits per heavy atom. The molecule has 0 aliphatic rings. The minimum absolute atomic E-state index is 0.0645. The molecule has 3 aromatic rings. The van der Waals surface area contributed by atoms with Crippen LogP contribution >= 0.6 is 11.6 Å². The number of hydrogen-bond acceptors (Lipinski definition) is 5. The first-order chi connectivity index (χ1) is 14.8. The average molecular weight is 461 g/mol. The quantitative estimate of drug-likeness (QED) is 0.476. The molecule has 0 atom stereocenters. The molecule has 9 heteroatoms. The van der Waals surface area contributed by atoms with Crippen molar-refractivity contribution in [1.82, 2.24) is 0 Å². The summed E-state index contributed by atoms with van der Waals surface area (Å²) in [6.07, 6.45) is 0. The van der Waals surface area contributed by atoms with Crippen LogP contribution in [0.15, 0.2) is 71.6 Å². The molecule has 7 nitrogen and oxygen atoms in total. The topological polar surface area (TPSA) is 93.7 Å². The van der Waals surface area contributed by atoms with Crippen molar-refractivity contribution in [2.45, 2.75) is 18.7 Å². The lowest BCUT2D eigenvalue weighted by Gasteiger charge is -2.16. The summed E-state index contributed by atoms with van der Waals surface area (Å²) in [5.41, 5.74) is 0.426. The first-order valence-corrected chi connectivity index (χ1v) is 11.2. The van der Waals surface area contributed by atoms with Gasteiger partial charge in [0.25, 0.3) is 10.0 Å². The van der Waals surface area contributed by atoms with Gasteiger partial charge in [0.15, 0.2) is 5.75 Å². The molecule has 162 valence electrons. The zero-order chi connectivity index (χ0) is 22.4. The van der Waals surface area contributed by atoms with Crippen LogP contribution in [0.5, 0.6) is 17.2 Å². The fourth-order valence-corrected chi connectivity index (χ4v) is 3.99. The Labute approximate surface area is 186 Å². The molecule has 0 aromatic heterocycles. The van der Waals surface area contributed by atoms with E-state index in [2.05, 4.69) is 10.0 Å². The SMILES string of the molecule is CCOc1ccc(S(=O)(=O)Nc2cc(Cl)ccc2Oc2ccccc2)cc1NC(C)=O. The lowest BCUT2D eigenvalue weighted by atomic mass is 10.3. The van der Waals surface area contributed by atoms with E-state index in [9.17, 15) is 13.2 Å². The average Bonchev–Trinajstić information content (AvgIpc) is 2.71. The molecule has 2 N–H and O–H groups in total. The van der Waals surface area contributed by atoms with Gasteiger partial charge in [-0.25, -0.2) is 8.42 Å². The summed E-state index contributed by atoms with van der Waals surface area (Å²) in [7, 11) is -4.03. The van der Waals surface area contributed by atoms with Gasteiger partial charge in [-0.05, 0) is 55.5 Å².